The van der Waals surface area contributed by atoms with Gasteiger partial charge in [-0.1, -0.05) is 11.6 Å². The number of aromatic nitrogens is 6. The molecule has 0 saturated carbocycles. The van der Waals surface area contributed by atoms with Gasteiger partial charge in [-0.3, -0.25) is 5.10 Å². The number of nitrogens with zero attached hydrogens (tertiary/aromatic N) is 6. The van der Waals surface area contributed by atoms with Crippen molar-refractivity contribution in [2.75, 3.05) is 5.73 Å². The van der Waals surface area contributed by atoms with E-state index in [1.54, 1.807) is 12.3 Å². The smallest absolute Gasteiger partial charge is 0.183 e. The van der Waals surface area contributed by atoms with Gasteiger partial charge in [-0.05, 0) is 37.6 Å². The maximum atomic E-state index is 9.32. The second-order valence-corrected chi connectivity index (χ2v) is 6.46. The van der Waals surface area contributed by atoms with Crippen molar-refractivity contribution >= 4 is 28.3 Å². The molecular weight excluding hydrogens is 364 g/mol. The van der Waals surface area contributed by atoms with Crippen LogP contribution in [0.15, 0.2) is 24.4 Å². The molecule has 0 aliphatic rings. The number of aromatic amines is 1. The zero-order chi connectivity index (χ0) is 19.1. The van der Waals surface area contributed by atoms with Gasteiger partial charge in [0.1, 0.15) is 23.2 Å². The first kappa shape index (κ1) is 16.9. The van der Waals surface area contributed by atoms with Gasteiger partial charge in [0.05, 0.1) is 22.4 Å². The maximum Gasteiger partial charge on any atom is 0.183 e. The summed E-state index contributed by atoms with van der Waals surface area (Å²) < 4.78 is 0. The highest BCUT2D eigenvalue weighted by Crippen LogP contribution is 2.34. The van der Waals surface area contributed by atoms with E-state index in [9.17, 15) is 5.26 Å². The Labute approximate surface area is 159 Å². The fraction of sp³-hybridized carbons (Fsp3) is 0.111. The first-order valence-electron chi connectivity index (χ1n) is 8.00. The molecule has 0 aliphatic carbocycles. The van der Waals surface area contributed by atoms with Gasteiger partial charge in [-0.25, -0.2) is 9.97 Å². The van der Waals surface area contributed by atoms with Crippen LogP contribution >= 0.6 is 11.6 Å². The molecule has 3 aromatic heterocycles. The summed E-state index contributed by atoms with van der Waals surface area (Å²) in [6.07, 6.45) is 1.66. The number of H-pyrrole nitrogens is 1. The van der Waals surface area contributed by atoms with Gasteiger partial charge in [0.25, 0.3) is 0 Å². The van der Waals surface area contributed by atoms with Crippen LogP contribution in [0.5, 0.6) is 0 Å². The van der Waals surface area contributed by atoms with E-state index in [2.05, 4.69) is 30.4 Å². The highest BCUT2D eigenvalue weighted by atomic mass is 35.5. The Morgan fingerprint density at radius 2 is 1.93 bits per heavy atom. The largest absolute Gasteiger partial charge is 0.381 e. The molecule has 0 saturated heterocycles. The summed E-state index contributed by atoms with van der Waals surface area (Å²) in [4.78, 5) is 8.80. The molecule has 27 heavy (non-hydrogen) atoms. The van der Waals surface area contributed by atoms with E-state index in [4.69, 9.17) is 17.3 Å². The summed E-state index contributed by atoms with van der Waals surface area (Å²) in [5.41, 5.74) is 10.5. The minimum Gasteiger partial charge on any atom is -0.381 e. The predicted molar refractivity (Wildman–Crippen MR) is 102 cm³/mol. The summed E-state index contributed by atoms with van der Waals surface area (Å²) in [5.74, 6) is 0.0340. The number of fused-ring (bicyclic) bond motifs is 1. The molecule has 4 aromatic rings. The van der Waals surface area contributed by atoms with Gasteiger partial charge in [-0.15, -0.1) is 5.10 Å². The zero-order valence-corrected chi connectivity index (χ0v) is 15.2. The number of benzene rings is 1. The summed E-state index contributed by atoms with van der Waals surface area (Å²) >= 11 is 6.37. The van der Waals surface area contributed by atoms with Crippen molar-refractivity contribution in [1.29, 1.82) is 5.26 Å². The molecule has 0 fully saturated rings. The Morgan fingerprint density at radius 1 is 1.11 bits per heavy atom. The summed E-state index contributed by atoms with van der Waals surface area (Å²) in [5, 5.41) is 25.8. The molecule has 0 atom stereocenters. The number of hydrogen-bond donors (Lipinski definition) is 2. The van der Waals surface area contributed by atoms with Crippen LogP contribution in [0.3, 0.4) is 0 Å². The molecular formula is C18H13ClN8. The Morgan fingerprint density at radius 3 is 2.67 bits per heavy atom. The lowest BCUT2D eigenvalue weighted by atomic mass is 10.0. The van der Waals surface area contributed by atoms with Gasteiger partial charge in [-0.2, -0.15) is 15.5 Å². The lowest BCUT2D eigenvalue weighted by Crippen LogP contribution is -2.05. The van der Waals surface area contributed by atoms with E-state index < -0.39 is 0 Å². The second kappa shape index (κ2) is 6.30. The third-order valence-corrected chi connectivity index (χ3v) is 4.58. The normalized spacial score (nSPS) is 10.9. The maximum absolute atomic E-state index is 9.32. The van der Waals surface area contributed by atoms with E-state index in [0.29, 0.717) is 27.7 Å². The number of aryl methyl sites for hydroxylation is 2. The molecule has 0 radical (unpaired) electrons. The first-order chi connectivity index (χ1) is 13.0. The van der Waals surface area contributed by atoms with Gasteiger partial charge >= 0.3 is 0 Å². The Kier molecular flexibility index (Phi) is 3.94. The quantitative estimate of drug-likeness (QED) is 0.549. The highest BCUT2D eigenvalue weighted by molar-refractivity contribution is 6.35. The van der Waals surface area contributed by atoms with E-state index in [1.165, 1.54) is 0 Å². The SMILES string of the molecule is Cc1cc(-c2nc(N)c(C#N)nc2-c2cc(Cl)c3[nH]ncc3c2)nnc1C. The molecule has 3 heterocycles. The average Bonchev–Trinajstić information content (AvgIpc) is 3.13. The van der Waals surface area contributed by atoms with E-state index in [-0.39, 0.29) is 11.5 Å². The molecule has 8 nitrogen and oxygen atoms in total. The number of nitriles is 1. The Bertz CT molecular complexity index is 1240. The molecule has 0 bridgehead atoms. The minimum absolute atomic E-state index is 0.0340. The van der Waals surface area contributed by atoms with Crippen molar-refractivity contribution < 1.29 is 0 Å². The summed E-state index contributed by atoms with van der Waals surface area (Å²) in [6.45, 7) is 3.81. The van der Waals surface area contributed by atoms with Crippen molar-refractivity contribution in [3.05, 3.63) is 46.4 Å². The number of nitrogens with one attached hydrogen (secondary N) is 1. The van der Waals surface area contributed by atoms with Crippen LogP contribution in [0.25, 0.3) is 33.5 Å². The van der Waals surface area contributed by atoms with Crippen molar-refractivity contribution in [2.24, 2.45) is 0 Å². The van der Waals surface area contributed by atoms with Gasteiger partial charge < -0.3 is 5.73 Å². The standard InChI is InChI=1S/C18H13ClN8/c1-8-3-13(26-25-9(8)2)17-16(23-14(6-20)18(21)24-17)10-4-11-7-22-27-15(11)12(19)5-10/h3-5,7H,1-2H3,(H2,21,24)(H,22,27). The van der Waals surface area contributed by atoms with Gasteiger partial charge in [0, 0.05) is 10.9 Å². The minimum atomic E-state index is 0.0340. The molecule has 0 spiro atoms. The second-order valence-electron chi connectivity index (χ2n) is 6.06. The molecule has 0 unspecified atom stereocenters. The highest BCUT2D eigenvalue weighted by Gasteiger charge is 2.19. The number of rotatable bonds is 2. The van der Waals surface area contributed by atoms with Crippen molar-refractivity contribution in [3.63, 3.8) is 0 Å². The Hall–Kier alpha value is -3.57. The number of anilines is 1. The predicted octanol–water partition coefficient (Wildman–Crippen LogP) is 3.20. The number of hydrogen-bond acceptors (Lipinski definition) is 7. The third-order valence-electron chi connectivity index (χ3n) is 4.28. The van der Waals surface area contributed by atoms with Crippen molar-refractivity contribution in [2.45, 2.75) is 13.8 Å². The summed E-state index contributed by atoms with van der Waals surface area (Å²) in [6, 6.07) is 7.43. The lowest BCUT2D eigenvalue weighted by molar-refractivity contribution is 0.960. The Balaban J connectivity index is 2.02. The molecule has 0 amide bonds. The monoisotopic (exact) mass is 376 g/mol. The van der Waals surface area contributed by atoms with Crippen LogP contribution in [0.2, 0.25) is 5.02 Å². The number of nitrogen functional groups attached to an aromatic ring is 1. The average molecular weight is 377 g/mol. The van der Waals surface area contributed by atoms with Crippen LogP contribution < -0.4 is 5.73 Å². The molecule has 132 valence electrons. The van der Waals surface area contributed by atoms with E-state index in [1.807, 2.05) is 32.0 Å². The van der Waals surface area contributed by atoms with Crippen LogP contribution in [-0.2, 0) is 0 Å². The third kappa shape index (κ3) is 2.84. The molecule has 9 heteroatoms. The molecule has 3 N–H and O–H groups in total. The van der Waals surface area contributed by atoms with Crippen molar-refractivity contribution in [1.82, 2.24) is 30.4 Å². The van der Waals surface area contributed by atoms with Gasteiger partial charge in [0.2, 0.25) is 0 Å². The van der Waals surface area contributed by atoms with Crippen LogP contribution in [-0.4, -0.2) is 30.4 Å². The molecule has 4 rings (SSSR count). The van der Waals surface area contributed by atoms with E-state index in [0.717, 1.165) is 22.2 Å². The fourth-order valence-electron chi connectivity index (χ4n) is 2.72. The first-order valence-corrected chi connectivity index (χ1v) is 8.37. The van der Waals surface area contributed by atoms with Crippen LogP contribution in [0.4, 0.5) is 5.82 Å². The topological polar surface area (TPSA) is 130 Å². The number of nitrogens with two attached hydrogens (primary N) is 1. The zero-order valence-electron chi connectivity index (χ0n) is 14.4. The van der Waals surface area contributed by atoms with Crippen LogP contribution in [0.1, 0.15) is 17.0 Å². The summed E-state index contributed by atoms with van der Waals surface area (Å²) in [7, 11) is 0. The van der Waals surface area contributed by atoms with Gasteiger partial charge in [0.15, 0.2) is 11.5 Å². The fourth-order valence-corrected chi connectivity index (χ4v) is 2.99. The lowest BCUT2D eigenvalue weighted by Gasteiger charge is -2.11. The molecule has 0 aliphatic heterocycles. The molecule has 1 aromatic carbocycles. The van der Waals surface area contributed by atoms with Crippen molar-refractivity contribution in [3.8, 4) is 28.7 Å². The van der Waals surface area contributed by atoms with E-state index >= 15 is 0 Å². The van der Waals surface area contributed by atoms with Crippen LogP contribution in [0, 0.1) is 25.2 Å². The number of halogens is 1.